The third-order valence-electron chi connectivity index (χ3n) is 8.01. The summed E-state index contributed by atoms with van der Waals surface area (Å²) in [6.07, 6.45) is 2.08. The van der Waals surface area contributed by atoms with Gasteiger partial charge in [-0.05, 0) is 67.8 Å². The van der Waals surface area contributed by atoms with Crippen LogP contribution in [0.15, 0.2) is 116 Å². The van der Waals surface area contributed by atoms with Gasteiger partial charge in [0, 0.05) is 27.5 Å². The number of benzene rings is 4. The molecule has 0 amide bonds. The van der Waals surface area contributed by atoms with E-state index in [9.17, 15) is 0 Å². The van der Waals surface area contributed by atoms with E-state index in [0.717, 1.165) is 33.4 Å². The molecule has 0 aliphatic carbocycles. The van der Waals surface area contributed by atoms with E-state index in [1.165, 1.54) is 0 Å². The molecule has 0 saturated heterocycles. The monoisotopic (exact) mass is 579 g/mol. The highest BCUT2D eigenvalue weighted by molar-refractivity contribution is 7.94. The lowest BCUT2D eigenvalue weighted by Gasteiger charge is -2.24. The number of hydrogen-bond acceptors (Lipinski definition) is 5. The Balaban J connectivity index is 1.64. The third-order valence-corrected chi connectivity index (χ3v) is 10.3. The topological polar surface area (TPSA) is 68.3 Å². The Bertz CT molecular complexity index is 2350. The molecule has 43 heavy (non-hydrogen) atoms. The van der Waals surface area contributed by atoms with Gasteiger partial charge < -0.3 is 4.42 Å². The van der Waals surface area contributed by atoms with Crippen molar-refractivity contribution >= 4 is 45.2 Å². The number of aromatic nitrogens is 2. The van der Waals surface area contributed by atoms with Crippen LogP contribution in [-0.4, -0.2) is 14.2 Å². The molecule has 2 aromatic heterocycles. The SMILES string of the molecule is C=c1oc2c(-c3ccccc3)nc(-c3cc(/C(C)=C/C)cc4c3N=S(=O)(c3ccccc3)c3cc(C)ccc3-4)nc2c1=C. The van der Waals surface area contributed by atoms with E-state index >= 15 is 4.21 Å². The standard InChI is InChI=1S/C37H29N3O2S/c1-6-23(3)27-20-30-29-18-17-22(2)19-32(29)43(41,28-15-11-8-12-16-28)40-35(30)31(21-27)37-38-33-24(4)25(5)42-36(33)34(39-37)26-13-9-7-10-14-26/h6-21H,4-5H2,1-3H3/b23-6+. The molecule has 210 valence electrons. The van der Waals surface area contributed by atoms with Crippen molar-refractivity contribution < 1.29 is 8.63 Å². The number of furan rings is 1. The van der Waals surface area contributed by atoms with Gasteiger partial charge in [-0.3, -0.25) is 0 Å². The van der Waals surface area contributed by atoms with Crippen molar-refractivity contribution in [3.8, 4) is 33.8 Å². The van der Waals surface area contributed by atoms with Gasteiger partial charge in [0.25, 0.3) is 0 Å². The Kier molecular flexibility index (Phi) is 6.26. The van der Waals surface area contributed by atoms with Gasteiger partial charge in [0.2, 0.25) is 0 Å². The summed E-state index contributed by atoms with van der Waals surface area (Å²) >= 11 is 0. The normalized spacial score (nSPS) is 16.0. The average molecular weight is 580 g/mol. The molecule has 1 atom stereocenters. The number of nitrogens with zero attached hydrogens (tertiary/aromatic N) is 3. The molecule has 6 aromatic rings. The molecule has 3 heterocycles. The maximum absolute atomic E-state index is 15.1. The lowest BCUT2D eigenvalue weighted by atomic mass is 9.93. The highest BCUT2D eigenvalue weighted by Crippen LogP contribution is 2.49. The van der Waals surface area contributed by atoms with Crippen LogP contribution >= 0.6 is 0 Å². The number of hydrogen-bond donors (Lipinski definition) is 0. The summed E-state index contributed by atoms with van der Waals surface area (Å²) in [5, 5.41) is 0.608. The van der Waals surface area contributed by atoms with Crippen LogP contribution in [0.5, 0.6) is 0 Å². The maximum Gasteiger partial charge on any atom is 0.180 e. The molecule has 1 aliphatic heterocycles. The van der Waals surface area contributed by atoms with E-state index in [0.29, 0.717) is 54.3 Å². The number of aryl methyl sites for hydroxylation is 1. The van der Waals surface area contributed by atoms with Gasteiger partial charge in [0.15, 0.2) is 11.4 Å². The first kappa shape index (κ1) is 26.8. The van der Waals surface area contributed by atoms with Crippen molar-refractivity contribution in [2.75, 3.05) is 0 Å². The zero-order valence-electron chi connectivity index (χ0n) is 24.2. The lowest BCUT2D eigenvalue weighted by Crippen LogP contribution is -2.16. The van der Waals surface area contributed by atoms with Crippen molar-refractivity contribution in [2.45, 2.75) is 30.6 Å². The van der Waals surface area contributed by atoms with Crippen LogP contribution in [0.1, 0.15) is 25.0 Å². The highest BCUT2D eigenvalue weighted by atomic mass is 32.2. The Morgan fingerprint density at radius 2 is 1.56 bits per heavy atom. The first-order valence-electron chi connectivity index (χ1n) is 14.1. The van der Waals surface area contributed by atoms with Crippen LogP contribution < -0.4 is 10.6 Å². The molecule has 0 spiro atoms. The molecule has 5 nitrogen and oxygen atoms in total. The molecular formula is C37H29N3O2S. The van der Waals surface area contributed by atoms with E-state index in [-0.39, 0.29) is 0 Å². The van der Waals surface area contributed by atoms with Gasteiger partial charge in [0.1, 0.15) is 26.4 Å². The summed E-state index contributed by atoms with van der Waals surface area (Å²) in [4.78, 5) is 11.5. The largest absolute Gasteiger partial charge is 0.453 e. The first-order chi connectivity index (χ1) is 20.8. The second-order valence-corrected chi connectivity index (χ2v) is 12.9. The average Bonchev–Trinajstić information content (AvgIpc) is 3.33. The summed E-state index contributed by atoms with van der Waals surface area (Å²) < 4.78 is 26.3. The summed E-state index contributed by atoms with van der Waals surface area (Å²) in [7, 11) is -3.03. The van der Waals surface area contributed by atoms with Crippen molar-refractivity contribution in [1.82, 2.24) is 9.97 Å². The van der Waals surface area contributed by atoms with Crippen LogP contribution in [0.2, 0.25) is 0 Å². The van der Waals surface area contributed by atoms with E-state index in [2.05, 4.69) is 44.4 Å². The lowest BCUT2D eigenvalue weighted by molar-refractivity contribution is 0.577. The molecule has 6 heteroatoms. The fourth-order valence-electron chi connectivity index (χ4n) is 5.53. The molecule has 1 aliphatic rings. The van der Waals surface area contributed by atoms with Crippen LogP contribution in [0.3, 0.4) is 0 Å². The van der Waals surface area contributed by atoms with E-state index in [1.807, 2.05) is 86.6 Å². The molecule has 0 saturated carbocycles. The molecule has 7 rings (SSSR count). The minimum absolute atomic E-state index is 0.445. The quantitative estimate of drug-likeness (QED) is 0.210. The van der Waals surface area contributed by atoms with E-state index < -0.39 is 9.73 Å². The molecule has 0 radical (unpaired) electrons. The van der Waals surface area contributed by atoms with Crippen LogP contribution in [0, 0.1) is 6.92 Å². The summed E-state index contributed by atoms with van der Waals surface area (Å²) in [5.74, 6) is 0.452. The number of fused-ring (bicyclic) bond motifs is 4. The zero-order chi connectivity index (χ0) is 29.9. The van der Waals surface area contributed by atoms with E-state index in [4.69, 9.17) is 18.7 Å². The van der Waals surface area contributed by atoms with Gasteiger partial charge in [-0.2, -0.15) is 4.36 Å². The van der Waals surface area contributed by atoms with Crippen molar-refractivity contribution in [1.29, 1.82) is 0 Å². The number of rotatable bonds is 4. The molecule has 0 fully saturated rings. The fraction of sp³-hybridized carbons (Fsp3) is 0.0811. The smallest absolute Gasteiger partial charge is 0.180 e. The number of allylic oxidation sites excluding steroid dienone is 2. The van der Waals surface area contributed by atoms with Gasteiger partial charge in [-0.25, -0.2) is 14.2 Å². The minimum Gasteiger partial charge on any atom is -0.453 e. The summed E-state index contributed by atoms with van der Waals surface area (Å²) in [5.41, 5.74) is 9.28. The highest BCUT2D eigenvalue weighted by Gasteiger charge is 2.30. The van der Waals surface area contributed by atoms with Crippen LogP contribution in [0.25, 0.3) is 63.6 Å². The van der Waals surface area contributed by atoms with Gasteiger partial charge >= 0.3 is 0 Å². The summed E-state index contributed by atoms with van der Waals surface area (Å²) in [6, 6.07) is 29.6. The Morgan fingerprint density at radius 1 is 0.860 bits per heavy atom. The predicted molar refractivity (Wildman–Crippen MR) is 176 cm³/mol. The predicted octanol–water partition coefficient (Wildman–Crippen LogP) is 8.31. The van der Waals surface area contributed by atoms with Gasteiger partial charge in [-0.1, -0.05) is 79.9 Å². The van der Waals surface area contributed by atoms with E-state index in [1.54, 1.807) is 0 Å². The Morgan fingerprint density at radius 3 is 2.28 bits per heavy atom. The zero-order valence-corrected chi connectivity index (χ0v) is 25.0. The minimum atomic E-state index is -3.03. The van der Waals surface area contributed by atoms with Crippen molar-refractivity contribution in [2.24, 2.45) is 4.36 Å². The maximum atomic E-state index is 15.1. The van der Waals surface area contributed by atoms with Gasteiger partial charge in [0.05, 0.1) is 15.5 Å². The molecule has 0 bridgehead atoms. The summed E-state index contributed by atoms with van der Waals surface area (Å²) in [6.45, 7) is 14.3. The van der Waals surface area contributed by atoms with Crippen molar-refractivity contribution in [3.63, 3.8) is 0 Å². The molecular weight excluding hydrogens is 550 g/mol. The molecule has 4 aromatic carbocycles. The first-order valence-corrected chi connectivity index (χ1v) is 15.6. The Hall–Kier alpha value is -5.07. The van der Waals surface area contributed by atoms with Crippen LogP contribution in [0.4, 0.5) is 5.69 Å². The second kappa shape index (κ2) is 10.0. The van der Waals surface area contributed by atoms with Crippen molar-refractivity contribution in [3.05, 3.63) is 119 Å². The second-order valence-electron chi connectivity index (χ2n) is 10.8. The molecule has 0 N–H and O–H groups in total. The molecule has 1 unspecified atom stereocenters. The van der Waals surface area contributed by atoms with Gasteiger partial charge in [-0.15, -0.1) is 0 Å². The van der Waals surface area contributed by atoms with Crippen LogP contribution in [-0.2, 0) is 9.73 Å². The Labute approximate surface area is 250 Å². The third kappa shape index (κ3) is 4.25. The fourth-order valence-corrected chi connectivity index (χ4v) is 7.79.